The van der Waals surface area contributed by atoms with Crippen LogP contribution in [0.25, 0.3) is 0 Å². The summed E-state index contributed by atoms with van der Waals surface area (Å²) in [6.07, 6.45) is 0.449. The topological polar surface area (TPSA) is 90.0 Å². The fourth-order valence-electron chi connectivity index (χ4n) is 4.47. The Morgan fingerprint density at radius 1 is 1.00 bits per heavy atom. The van der Waals surface area contributed by atoms with Gasteiger partial charge in [0.25, 0.3) is 0 Å². The average Bonchev–Trinajstić information content (AvgIpc) is 3.24. The van der Waals surface area contributed by atoms with Gasteiger partial charge in [0.1, 0.15) is 5.82 Å². The monoisotopic (exact) mass is 502 g/mol. The molecule has 1 unspecified atom stereocenters. The van der Waals surface area contributed by atoms with Crippen molar-refractivity contribution in [3.05, 3.63) is 59.9 Å². The number of hydrogen-bond donors (Lipinski definition) is 1. The van der Waals surface area contributed by atoms with Crippen molar-refractivity contribution in [1.82, 2.24) is 9.62 Å². The van der Waals surface area contributed by atoms with Gasteiger partial charge in [0.2, 0.25) is 21.8 Å². The lowest BCUT2D eigenvalue weighted by Crippen LogP contribution is -2.49. The molecule has 2 aromatic rings. The van der Waals surface area contributed by atoms with Crippen LogP contribution in [0.2, 0.25) is 0 Å². The molecular formula is C25H31FN4O4S. The first-order valence-electron chi connectivity index (χ1n) is 11.9. The Bertz CT molecular complexity index is 1150. The number of sulfonamides is 1. The maximum atomic E-state index is 13.1. The molecule has 2 aliphatic heterocycles. The molecule has 0 saturated carbocycles. The van der Waals surface area contributed by atoms with E-state index < -0.39 is 15.9 Å². The third-order valence-electron chi connectivity index (χ3n) is 6.54. The van der Waals surface area contributed by atoms with E-state index in [9.17, 15) is 22.4 Å². The van der Waals surface area contributed by atoms with Gasteiger partial charge in [-0.2, -0.15) is 4.31 Å². The molecule has 8 nitrogen and oxygen atoms in total. The van der Waals surface area contributed by atoms with Crippen LogP contribution >= 0.6 is 0 Å². The van der Waals surface area contributed by atoms with Crippen LogP contribution in [-0.4, -0.2) is 69.6 Å². The van der Waals surface area contributed by atoms with Crippen molar-refractivity contribution in [2.75, 3.05) is 54.8 Å². The molecule has 2 saturated heterocycles. The zero-order valence-corrected chi connectivity index (χ0v) is 20.6. The molecule has 35 heavy (non-hydrogen) atoms. The van der Waals surface area contributed by atoms with Crippen LogP contribution in [0.5, 0.6) is 0 Å². The third-order valence-corrected chi connectivity index (χ3v) is 8.50. The normalized spacial score (nSPS) is 19.3. The predicted octanol–water partition coefficient (Wildman–Crippen LogP) is 2.15. The minimum Gasteiger partial charge on any atom is -0.369 e. The molecule has 1 atom stereocenters. The number of nitrogens with zero attached hydrogens (tertiary/aromatic N) is 3. The van der Waals surface area contributed by atoms with E-state index in [1.807, 2.05) is 36.1 Å². The fourth-order valence-corrected chi connectivity index (χ4v) is 5.96. The van der Waals surface area contributed by atoms with Gasteiger partial charge in [-0.25, -0.2) is 12.8 Å². The molecule has 0 radical (unpaired) electrons. The highest BCUT2D eigenvalue weighted by molar-refractivity contribution is 7.89. The van der Waals surface area contributed by atoms with Crippen molar-refractivity contribution in [1.29, 1.82) is 0 Å². The second-order valence-electron chi connectivity index (χ2n) is 9.06. The zero-order valence-electron chi connectivity index (χ0n) is 19.8. The van der Waals surface area contributed by atoms with E-state index in [4.69, 9.17) is 0 Å². The number of benzene rings is 2. The summed E-state index contributed by atoms with van der Waals surface area (Å²) in [5, 5.41) is 2.80. The molecule has 0 bridgehead atoms. The minimum atomic E-state index is -3.44. The zero-order chi connectivity index (χ0) is 25.0. The number of hydrogen-bond acceptors (Lipinski definition) is 5. The molecule has 0 spiro atoms. The molecule has 188 valence electrons. The summed E-state index contributed by atoms with van der Waals surface area (Å²) < 4.78 is 40.1. The van der Waals surface area contributed by atoms with Gasteiger partial charge in [0.05, 0.1) is 11.7 Å². The van der Waals surface area contributed by atoms with Crippen LogP contribution < -0.4 is 15.1 Å². The number of halogens is 1. The standard InChI is InChI=1S/C25H31FN4O4S/c1-19-3-7-23(8-4-19)30-18-20(17-24(30)31)25(32)27-11-2-16-35(33,34)29-14-12-28(13-15-29)22-9-5-21(26)6-10-22/h3-10,20H,2,11-18H2,1H3,(H,27,32). The SMILES string of the molecule is Cc1ccc(N2CC(C(=O)NCCCS(=O)(=O)N3CCN(c4ccc(F)cc4)CC3)CC2=O)cc1. The Hall–Kier alpha value is -2.98. The molecule has 2 heterocycles. The Kier molecular flexibility index (Phi) is 7.71. The van der Waals surface area contributed by atoms with E-state index in [1.54, 1.807) is 17.0 Å². The molecule has 4 rings (SSSR count). The second kappa shape index (κ2) is 10.7. The number of anilines is 2. The maximum absolute atomic E-state index is 13.1. The number of carbonyl (C=O) groups is 2. The summed E-state index contributed by atoms with van der Waals surface area (Å²) in [4.78, 5) is 28.6. The van der Waals surface area contributed by atoms with E-state index in [1.165, 1.54) is 16.4 Å². The average molecular weight is 503 g/mol. The van der Waals surface area contributed by atoms with Crippen LogP contribution in [0.1, 0.15) is 18.4 Å². The minimum absolute atomic E-state index is 0.0527. The molecule has 0 aromatic heterocycles. The molecular weight excluding hydrogens is 471 g/mol. The molecule has 2 fully saturated rings. The molecule has 2 aliphatic rings. The van der Waals surface area contributed by atoms with E-state index in [-0.39, 0.29) is 36.4 Å². The first-order valence-corrected chi connectivity index (χ1v) is 13.5. The van der Waals surface area contributed by atoms with Crippen molar-refractivity contribution in [3.63, 3.8) is 0 Å². The van der Waals surface area contributed by atoms with Crippen molar-refractivity contribution in [2.45, 2.75) is 19.8 Å². The van der Waals surface area contributed by atoms with Gasteiger partial charge in [-0.3, -0.25) is 9.59 Å². The van der Waals surface area contributed by atoms with Crippen LogP contribution in [0, 0.1) is 18.7 Å². The summed E-state index contributed by atoms with van der Waals surface area (Å²) in [6, 6.07) is 13.8. The first kappa shape index (κ1) is 25.1. The van der Waals surface area contributed by atoms with Gasteiger partial charge in [-0.1, -0.05) is 17.7 Å². The van der Waals surface area contributed by atoms with Gasteiger partial charge in [-0.05, 0) is 49.7 Å². The highest BCUT2D eigenvalue weighted by atomic mass is 32.2. The Morgan fingerprint density at radius 3 is 2.29 bits per heavy atom. The molecule has 0 aliphatic carbocycles. The second-order valence-corrected chi connectivity index (χ2v) is 11.2. The van der Waals surface area contributed by atoms with Gasteiger partial charge >= 0.3 is 0 Å². The number of aryl methyl sites for hydroxylation is 1. The number of carbonyl (C=O) groups excluding carboxylic acids is 2. The van der Waals surface area contributed by atoms with Crippen LogP contribution in [0.15, 0.2) is 48.5 Å². The molecule has 1 N–H and O–H groups in total. The Morgan fingerprint density at radius 2 is 1.63 bits per heavy atom. The van der Waals surface area contributed by atoms with Crippen LogP contribution in [0.3, 0.4) is 0 Å². The predicted molar refractivity (Wildman–Crippen MR) is 133 cm³/mol. The molecule has 2 amide bonds. The summed E-state index contributed by atoms with van der Waals surface area (Å²) in [5.74, 6) is -1.11. The highest BCUT2D eigenvalue weighted by Gasteiger charge is 2.35. The lowest BCUT2D eigenvalue weighted by molar-refractivity contribution is -0.126. The number of rotatable bonds is 8. The van der Waals surface area contributed by atoms with Crippen molar-refractivity contribution in [3.8, 4) is 0 Å². The quantitative estimate of drug-likeness (QED) is 0.559. The maximum Gasteiger partial charge on any atom is 0.227 e. The highest BCUT2D eigenvalue weighted by Crippen LogP contribution is 2.25. The summed E-state index contributed by atoms with van der Waals surface area (Å²) in [7, 11) is -3.44. The van der Waals surface area contributed by atoms with Crippen LogP contribution in [0.4, 0.5) is 15.8 Å². The number of piperazine rings is 1. The summed E-state index contributed by atoms with van der Waals surface area (Å²) in [6.45, 7) is 4.34. The number of amides is 2. The summed E-state index contributed by atoms with van der Waals surface area (Å²) >= 11 is 0. The molecule has 2 aromatic carbocycles. The first-order chi connectivity index (χ1) is 16.7. The molecule has 10 heteroatoms. The van der Waals surface area contributed by atoms with Gasteiger partial charge in [0.15, 0.2) is 0 Å². The van der Waals surface area contributed by atoms with Gasteiger partial charge in [-0.15, -0.1) is 0 Å². The smallest absolute Gasteiger partial charge is 0.227 e. The van der Waals surface area contributed by atoms with Crippen molar-refractivity contribution >= 4 is 33.2 Å². The van der Waals surface area contributed by atoms with E-state index >= 15 is 0 Å². The van der Waals surface area contributed by atoms with Crippen molar-refractivity contribution < 1.29 is 22.4 Å². The van der Waals surface area contributed by atoms with Gasteiger partial charge < -0.3 is 15.1 Å². The van der Waals surface area contributed by atoms with Crippen LogP contribution in [-0.2, 0) is 19.6 Å². The fraction of sp³-hybridized carbons (Fsp3) is 0.440. The Labute approximate surface area is 205 Å². The largest absolute Gasteiger partial charge is 0.369 e. The third kappa shape index (κ3) is 6.18. The number of nitrogens with one attached hydrogen (secondary N) is 1. The lowest BCUT2D eigenvalue weighted by atomic mass is 10.1. The van der Waals surface area contributed by atoms with E-state index in [2.05, 4.69) is 5.32 Å². The summed E-state index contributed by atoms with van der Waals surface area (Å²) in [5.41, 5.74) is 2.75. The van der Waals surface area contributed by atoms with E-state index in [0.29, 0.717) is 39.1 Å². The van der Waals surface area contributed by atoms with Crippen molar-refractivity contribution in [2.24, 2.45) is 5.92 Å². The van der Waals surface area contributed by atoms with E-state index in [0.717, 1.165) is 16.9 Å². The van der Waals surface area contributed by atoms with Gasteiger partial charge in [0, 0.05) is 57.1 Å². The Balaban J connectivity index is 1.19. The lowest BCUT2D eigenvalue weighted by Gasteiger charge is -2.35.